The third-order valence-electron chi connectivity index (χ3n) is 4.87. The van der Waals surface area contributed by atoms with Gasteiger partial charge in [-0.2, -0.15) is 0 Å². The van der Waals surface area contributed by atoms with E-state index in [1.54, 1.807) is 12.1 Å². The Morgan fingerprint density at radius 2 is 1.48 bits per heavy atom. The molecule has 0 fully saturated rings. The molecule has 3 nitrogen and oxygen atoms in total. The minimum atomic E-state index is -2.32. The van der Waals surface area contributed by atoms with Crippen LogP contribution in [-0.2, 0) is 10.2 Å². The highest BCUT2D eigenvalue weighted by atomic mass is 35.5. The van der Waals surface area contributed by atoms with Gasteiger partial charge in [-0.05, 0) is 24.1 Å². The molecule has 1 unspecified atom stereocenters. The number of carboxylic acid groups (broad SMARTS) is 1. The summed E-state index contributed by atoms with van der Waals surface area (Å²) in [5.41, 5.74) is -2.84. The summed E-state index contributed by atoms with van der Waals surface area (Å²) in [6.07, 6.45) is -0.342. The zero-order valence-electron chi connectivity index (χ0n) is 15.5. The number of carboxylic acids is 1. The number of nitrogens with zero attached hydrogens (tertiary/aromatic N) is 1. The molecule has 0 bridgehead atoms. The summed E-state index contributed by atoms with van der Waals surface area (Å²) in [4.78, 5) is 14.0. The van der Waals surface area contributed by atoms with Gasteiger partial charge in [0.1, 0.15) is 5.41 Å². The van der Waals surface area contributed by atoms with Crippen molar-refractivity contribution in [2.75, 3.05) is 29.7 Å². The van der Waals surface area contributed by atoms with Crippen LogP contribution < -0.4 is 4.90 Å². The summed E-state index contributed by atoms with van der Waals surface area (Å²) >= 11 is 11.6. The molecule has 1 N–H and O–H groups in total. The van der Waals surface area contributed by atoms with Crippen LogP contribution in [0.15, 0.2) is 30.3 Å². The number of benzene rings is 2. The maximum atomic E-state index is 14.5. The molecule has 0 aromatic heterocycles. The second-order valence-electron chi connectivity index (χ2n) is 6.32. The Morgan fingerprint density at radius 1 is 1.00 bits per heavy atom. The normalized spacial score (nSPS) is 13.2. The fraction of sp³-hybridized carbons (Fsp3) is 0.350. The molecule has 9 heteroatoms. The maximum Gasteiger partial charge on any atom is 0.318 e. The molecule has 0 aliphatic rings. The van der Waals surface area contributed by atoms with Crippen LogP contribution in [0.2, 0.25) is 0 Å². The van der Waals surface area contributed by atoms with Gasteiger partial charge in [0, 0.05) is 36.6 Å². The van der Waals surface area contributed by atoms with E-state index in [0.717, 1.165) is 0 Å². The van der Waals surface area contributed by atoms with Crippen LogP contribution in [-0.4, -0.2) is 35.9 Å². The van der Waals surface area contributed by atoms with Crippen LogP contribution in [0.25, 0.3) is 0 Å². The summed E-state index contributed by atoms with van der Waals surface area (Å²) in [6, 6.07) is 5.88. The summed E-state index contributed by atoms with van der Waals surface area (Å²) in [6.45, 7) is 2.32. The van der Waals surface area contributed by atoms with Crippen molar-refractivity contribution < 1.29 is 27.5 Å². The molecular weight excluding hydrogens is 433 g/mol. The molecule has 0 aliphatic carbocycles. The highest BCUT2D eigenvalue weighted by Gasteiger charge is 2.46. The summed E-state index contributed by atoms with van der Waals surface area (Å²) in [5, 5.41) is 9.88. The first kappa shape index (κ1) is 23.3. The van der Waals surface area contributed by atoms with Crippen LogP contribution >= 0.6 is 23.2 Å². The van der Waals surface area contributed by atoms with E-state index in [2.05, 4.69) is 0 Å². The highest BCUT2D eigenvalue weighted by molar-refractivity contribution is 6.18. The predicted octanol–water partition coefficient (Wildman–Crippen LogP) is 5.31. The molecule has 0 heterocycles. The van der Waals surface area contributed by atoms with Crippen molar-refractivity contribution in [2.45, 2.75) is 18.8 Å². The highest BCUT2D eigenvalue weighted by Crippen LogP contribution is 2.41. The van der Waals surface area contributed by atoms with Crippen LogP contribution in [0.4, 0.5) is 23.2 Å². The van der Waals surface area contributed by atoms with E-state index in [-0.39, 0.29) is 18.1 Å². The summed E-state index contributed by atoms with van der Waals surface area (Å²) in [5.74, 6) is -7.77. The quantitative estimate of drug-likeness (QED) is 0.319. The number of hydrogen-bond acceptors (Lipinski definition) is 2. The van der Waals surface area contributed by atoms with E-state index in [0.29, 0.717) is 30.5 Å². The van der Waals surface area contributed by atoms with Gasteiger partial charge >= 0.3 is 5.97 Å². The molecule has 0 spiro atoms. The van der Waals surface area contributed by atoms with Gasteiger partial charge in [0.05, 0.1) is 5.56 Å². The lowest BCUT2D eigenvalue weighted by Crippen LogP contribution is -2.39. The average molecular weight is 452 g/mol. The van der Waals surface area contributed by atoms with Crippen molar-refractivity contribution in [1.29, 1.82) is 0 Å². The molecule has 2 aromatic rings. The third kappa shape index (κ3) is 4.31. The maximum absolute atomic E-state index is 14.5. The Bertz CT molecular complexity index is 848. The molecule has 0 amide bonds. The lowest BCUT2D eigenvalue weighted by molar-refractivity contribution is -0.142. The van der Waals surface area contributed by atoms with E-state index >= 15 is 0 Å². The zero-order valence-corrected chi connectivity index (χ0v) is 17.0. The summed E-state index contributed by atoms with van der Waals surface area (Å²) in [7, 11) is 0. The van der Waals surface area contributed by atoms with E-state index < -0.39 is 40.2 Å². The Labute approximate surface area is 175 Å². The second kappa shape index (κ2) is 9.67. The standard InChI is InChI=1S/C20H19Cl2F4NO2/c1-2-20(19(28)29,16-17(25)14(23)11-15(24)18(16)26)12-3-5-13(6-4-12)27(9-7-21)10-8-22/h3-6,11H,2,7-10H2,1H3,(H,28,29). The lowest BCUT2D eigenvalue weighted by atomic mass is 9.71. The minimum Gasteiger partial charge on any atom is -0.480 e. The fourth-order valence-electron chi connectivity index (χ4n) is 3.39. The van der Waals surface area contributed by atoms with Crippen LogP contribution in [0.3, 0.4) is 0 Å². The minimum absolute atomic E-state index is 0.0178. The van der Waals surface area contributed by atoms with Crippen molar-refractivity contribution in [1.82, 2.24) is 0 Å². The first-order chi connectivity index (χ1) is 13.7. The fourth-order valence-corrected chi connectivity index (χ4v) is 3.79. The van der Waals surface area contributed by atoms with Gasteiger partial charge in [-0.3, -0.25) is 4.79 Å². The van der Waals surface area contributed by atoms with E-state index in [9.17, 15) is 27.5 Å². The smallest absolute Gasteiger partial charge is 0.318 e. The van der Waals surface area contributed by atoms with Crippen LogP contribution in [0.5, 0.6) is 0 Å². The number of hydrogen-bond donors (Lipinski definition) is 1. The van der Waals surface area contributed by atoms with Crippen LogP contribution in [0.1, 0.15) is 24.5 Å². The Kier molecular flexibility index (Phi) is 7.77. The largest absolute Gasteiger partial charge is 0.480 e. The van der Waals surface area contributed by atoms with Crippen molar-refractivity contribution in [3.63, 3.8) is 0 Å². The van der Waals surface area contributed by atoms with Gasteiger partial charge in [0.2, 0.25) is 0 Å². The van der Waals surface area contributed by atoms with Gasteiger partial charge in [-0.15, -0.1) is 23.2 Å². The number of rotatable bonds is 9. The molecule has 0 saturated heterocycles. The molecule has 0 radical (unpaired) electrons. The van der Waals surface area contributed by atoms with E-state index in [1.165, 1.54) is 19.1 Å². The first-order valence-electron chi connectivity index (χ1n) is 8.78. The van der Waals surface area contributed by atoms with Gasteiger partial charge in [-0.1, -0.05) is 19.1 Å². The topological polar surface area (TPSA) is 40.5 Å². The molecule has 2 rings (SSSR count). The second-order valence-corrected chi connectivity index (χ2v) is 7.08. The Hall–Kier alpha value is -1.99. The van der Waals surface area contributed by atoms with Gasteiger partial charge in [0.15, 0.2) is 23.3 Å². The molecule has 158 valence electrons. The first-order valence-corrected chi connectivity index (χ1v) is 9.85. The number of halogens is 6. The Balaban J connectivity index is 2.68. The number of aliphatic carboxylic acids is 1. The van der Waals surface area contributed by atoms with E-state index in [4.69, 9.17) is 23.2 Å². The number of carbonyl (C=O) groups is 1. The zero-order chi connectivity index (χ0) is 21.8. The van der Waals surface area contributed by atoms with Crippen molar-refractivity contribution in [3.05, 3.63) is 64.7 Å². The molecule has 0 aliphatic heterocycles. The van der Waals surface area contributed by atoms with Gasteiger partial charge in [0.25, 0.3) is 0 Å². The molecule has 0 saturated carbocycles. The van der Waals surface area contributed by atoms with E-state index in [1.807, 2.05) is 4.90 Å². The predicted molar refractivity (Wildman–Crippen MR) is 105 cm³/mol. The van der Waals surface area contributed by atoms with Gasteiger partial charge < -0.3 is 10.0 Å². The lowest BCUT2D eigenvalue weighted by Gasteiger charge is -2.31. The number of anilines is 1. The third-order valence-corrected chi connectivity index (χ3v) is 5.21. The summed E-state index contributed by atoms with van der Waals surface area (Å²) < 4.78 is 56.6. The molecular formula is C20H19Cl2F4NO2. The van der Waals surface area contributed by atoms with Crippen molar-refractivity contribution >= 4 is 34.9 Å². The molecule has 1 atom stereocenters. The Morgan fingerprint density at radius 3 is 1.86 bits per heavy atom. The monoisotopic (exact) mass is 451 g/mol. The number of alkyl halides is 2. The SMILES string of the molecule is CCC(C(=O)O)(c1ccc(N(CCCl)CCCl)cc1)c1c(F)c(F)cc(F)c1F. The molecule has 2 aromatic carbocycles. The van der Waals surface area contributed by atoms with Crippen molar-refractivity contribution in [2.24, 2.45) is 0 Å². The average Bonchev–Trinajstić information content (AvgIpc) is 2.69. The van der Waals surface area contributed by atoms with Crippen LogP contribution in [0, 0.1) is 23.3 Å². The molecule has 29 heavy (non-hydrogen) atoms. The van der Waals surface area contributed by atoms with Gasteiger partial charge in [-0.25, -0.2) is 17.6 Å². The van der Waals surface area contributed by atoms with Crippen molar-refractivity contribution in [3.8, 4) is 0 Å².